The highest BCUT2D eigenvalue weighted by molar-refractivity contribution is 5.93. The number of benzene rings is 2. The predicted octanol–water partition coefficient (Wildman–Crippen LogP) is 2.65. The van der Waals surface area contributed by atoms with Crippen molar-refractivity contribution >= 4 is 23.3 Å². The second-order valence-corrected chi connectivity index (χ2v) is 6.18. The molecule has 0 radical (unpaired) electrons. The Kier molecular flexibility index (Phi) is 7.56. The number of amides is 1. The van der Waals surface area contributed by atoms with Gasteiger partial charge < -0.3 is 24.3 Å². The molecule has 0 atom stereocenters. The molecule has 2 aromatic rings. The van der Waals surface area contributed by atoms with Crippen molar-refractivity contribution < 1.29 is 33.5 Å². The van der Waals surface area contributed by atoms with Gasteiger partial charge in [-0.05, 0) is 30.2 Å². The molecule has 10 nitrogen and oxygen atoms in total. The first kappa shape index (κ1) is 22.5. The number of nitrogens with zero attached hydrogens (tertiary/aromatic N) is 1. The van der Waals surface area contributed by atoms with Crippen molar-refractivity contribution in [2.75, 3.05) is 33.3 Å². The number of hydrogen-bond donors (Lipinski definition) is 1. The summed E-state index contributed by atoms with van der Waals surface area (Å²) in [6, 6.07) is 7.31. The fourth-order valence-electron chi connectivity index (χ4n) is 2.65. The molecular weight excluding hydrogens is 396 g/mol. The Hall–Kier alpha value is -3.82. The van der Waals surface area contributed by atoms with Gasteiger partial charge in [-0.25, -0.2) is 0 Å². The number of methoxy groups -OCH3 is 3. The highest BCUT2D eigenvalue weighted by Gasteiger charge is 2.17. The summed E-state index contributed by atoms with van der Waals surface area (Å²) in [6.45, 7) is 1.15. The lowest BCUT2D eigenvalue weighted by Gasteiger charge is -2.14. The Morgan fingerprint density at radius 3 is 2.20 bits per heavy atom. The summed E-state index contributed by atoms with van der Waals surface area (Å²) in [5, 5.41) is 13.4. The van der Waals surface area contributed by atoms with Crippen LogP contribution in [0.15, 0.2) is 30.3 Å². The van der Waals surface area contributed by atoms with E-state index >= 15 is 0 Å². The molecule has 1 amide bonds. The van der Waals surface area contributed by atoms with Crippen molar-refractivity contribution in [2.24, 2.45) is 0 Å². The molecule has 0 aromatic heterocycles. The average Bonchev–Trinajstić information content (AvgIpc) is 2.72. The van der Waals surface area contributed by atoms with Crippen LogP contribution in [0.3, 0.4) is 0 Å². The molecule has 0 aliphatic rings. The van der Waals surface area contributed by atoms with Crippen LogP contribution in [-0.4, -0.2) is 44.7 Å². The lowest BCUT2D eigenvalue weighted by molar-refractivity contribution is -0.384. The van der Waals surface area contributed by atoms with Gasteiger partial charge >= 0.3 is 5.97 Å². The number of rotatable bonds is 9. The Morgan fingerprint density at radius 2 is 1.67 bits per heavy atom. The van der Waals surface area contributed by atoms with Gasteiger partial charge in [0.25, 0.3) is 11.6 Å². The second kappa shape index (κ2) is 10.1. The molecular formula is C20H22N2O8. The number of esters is 1. The third-order valence-electron chi connectivity index (χ3n) is 4.14. The van der Waals surface area contributed by atoms with Gasteiger partial charge in [0.1, 0.15) is 0 Å². The summed E-state index contributed by atoms with van der Waals surface area (Å²) in [5.41, 5.74) is 1.30. The number of carbonyl (C=O) groups is 2. The van der Waals surface area contributed by atoms with Crippen LogP contribution >= 0.6 is 0 Å². The first-order valence-corrected chi connectivity index (χ1v) is 8.78. The van der Waals surface area contributed by atoms with E-state index in [4.69, 9.17) is 18.9 Å². The van der Waals surface area contributed by atoms with E-state index in [-0.39, 0.29) is 17.8 Å². The molecule has 0 spiro atoms. The normalized spacial score (nSPS) is 10.1. The van der Waals surface area contributed by atoms with Crippen LogP contribution in [0.25, 0.3) is 0 Å². The molecule has 0 saturated carbocycles. The minimum atomic E-state index is -0.643. The van der Waals surface area contributed by atoms with Crippen LogP contribution in [0, 0.1) is 17.0 Å². The molecule has 0 fully saturated rings. The van der Waals surface area contributed by atoms with Gasteiger partial charge in [-0.15, -0.1) is 0 Å². The predicted molar refractivity (Wildman–Crippen MR) is 107 cm³/mol. The Bertz CT molecular complexity index is 933. The van der Waals surface area contributed by atoms with Crippen molar-refractivity contribution in [1.82, 2.24) is 0 Å². The number of nitrogens with one attached hydrogen (secondary N) is 1. The van der Waals surface area contributed by atoms with Gasteiger partial charge in [-0.1, -0.05) is 6.07 Å². The smallest absolute Gasteiger partial charge is 0.310 e. The number of hydrogen-bond acceptors (Lipinski definition) is 8. The molecule has 0 heterocycles. The summed E-state index contributed by atoms with van der Waals surface area (Å²) in [7, 11) is 4.38. The van der Waals surface area contributed by atoms with Crippen molar-refractivity contribution in [2.45, 2.75) is 13.3 Å². The zero-order chi connectivity index (χ0) is 22.3. The van der Waals surface area contributed by atoms with E-state index < -0.39 is 23.4 Å². The van der Waals surface area contributed by atoms with E-state index in [2.05, 4.69) is 5.32 Å². The maximum Gasteiger partial charge on any atom is 0.310 e. The summed E-state index contributed by atoms with van der Waals surface area (Å²) in [5.74, 6) is -0.0899. The Balaban J connectivity index is 1.99. The van der Waals surface area contributed by atoms with Crippen LogP contribution in [0.4, 0.5) is 11.4 Å². The molecule has 0 aliphatic carbocycles. The molecule has 2 rings (SSSR count). The molecule has 10 heteroatoms. The topological polar surface area (TPSA) is 126 Å². The molecule has 0 bridgehead atoms. The first-order valence-electron chi connectivity index (χ1n) is 8.78. The third kappa shape index (κ3) is 5.60. The fourth-order valence-corrected chi connectivity index (χ4v) is 2.65. The number of carbonyl (C=O) groups excluding carboxylic acids is 2. The Labute approximate surface area is 172 Å². The number of nitro benzene ring substituents is 1. The van der Waals surface area contributed by atoms with Gasteiger partial charge in [0.05, 0.1) is 38.4 Å². The van der Waals surface area contributed by atoms with E-state index in [1.165, 1.54) is 39.5 Å². The van der Waals surface area contributed by atoms with Gasteiger partial charge in [0.15, 0.2) is 18.1 Å². The molecule has 0 unspecified atom stereocenters. The van der Waals surface area contributed by atoms with E-state index in [9.17, 15) is 19.7 Å². The minimum Gasteiger partial charge on any atom is -0.493 e. The van der Waals surface area contributed by atoms with Crippen molar-refractivity contribution in [3.05, 3.63) is 51.6 Å². The van der Waals surface area contributed by atoms with E-state index in [0.717, 1.165) is 0 Å². The number of aryl methyl sites for hydroxylation is 1. The highest BCUT2D eigenvalue weighted by atomic mass is 16.6. The number of non-ortho nitro benzene ring substituents is 1. The van der Waals surface area contributed by atoms with Crippen molar-refractivity contribution in [3.63, 3.8) is 0 Å². The van der Waals surface area contributed by atoms with Crippen LogP contribution in [0.5, 0.6) is 17.2 Å². The molecule has 30 heavy (non-hydrogen) atoms. The van der Waals surface area contributed by atoms with Crippen molar-refractivity contribution in [1.29, 1.82) is 0 Å². The van der Waals surface area contributed by atoms with Crippen LogP contribution in [0.1, 0.15) is 11.1 Å². The summed E-state index contributed by atoms with van der Waals surface area (Å²) < 4.78 is 20.7. The molecule has 1 N–H and O–H groups in total. The molecule has 0 aliphatic heterocycles. The van der Waals surface area contributed by atoms with Crippen LogP contribution in [0.2, 0.25) is 0 Å². The maximum atomic E-state index is 12.1. The SMILES string of the molecule is COc1cc(CC(=O)OCC(=O)Nc2cc([N+](=O)[O-])ccc2C)cc(OC)c1OC. The Morgan fingerprint density at radius 1 is 1.03 bits per heavy atom. The maximum absolute atomic E-state index is 12.1. The molecule has 0 saturated heterocycles. The van der Waals surface area contributed by atoms with Crippen LogP contribution in [-0.2, 0) is 20.7 Å². The largest absolute Gasteiger partial charge is 0.493 e. The van der Waals surface area contributed by atoms with Crippen LogP contribution < -0.4 is 19.5 Å². The van der Waals surface area contributed by atoms with Gasteiger partial charge in [0, 0.05) is 12.1 Å². The van der Waals surface area contributed by atoms with Gasteiger partial charge in [-0.3, -0.25) is 19.7 Å². The first-order chi connectivity index (χ1) is 14.3. The summed E-state index contributed by atoms with van der Waals surface area (Å²) >= 11 is 0. The molecule has 2 aromatic carbocycles. The van der Waals surface area contributed by atoms with E-state index in [0.29, 0.717) is 28.4 Å². The van der Waals surface area contributed by atoms with Gasteiger partial charge in [0.2, 0.25) is 5.75 Å². The fraction of sp³-hybridized carbons (Fsp3) is 0.300. The lowest BCUT2D eigenvalue weighted by Crippen LogP contribution is -2.22. The number of anilines is 1. The molecule has 160 valence electrons. The van der Waals surface area contributed by atoms with E-state index in [1.807, 2.05) is 0 Å². The zero-order valence-electron chi connectivity index (χ0n) is 17.0. The van der Waals surface area contributed by atoms with Gasteiger partial charge in [-0.2, -0.15) is 0 Å². The lowest BCUT2D eigenvalue weighted by atomic mass is 10.1. The number of ether oxygens (including phenoxy) is 4. The minimum absolute atomic E-state index is 0.125. The summed E-state index contributed by atoms with van der Waals surface area (Å²) in [6.07, 6.45) is -0.125. The van der Waals surface area contributed by atoms with E-state index in [1.54, 1.807) is 19.1 Å². The standard InChI is InChI=1S/C20H22N2O8/c1-12-5-6-14(22(25)26)10-15(12)21-18(23)11-30-19(24)9-13-7-16(27-2)20(29-4)17(8-13)28-3/h5-8,10H,9,11H2,1-4H3,(H,21,23). The second-order valence-electron chi connectivity index (χ2n) is 6.18. The monoisotopic (exact) mass is 418 g/mol. The van der Waals surface area contributed by atoms with Crippen molar-refractivity contribution in [3.8, 4) is 17.2 Å². The highest BCUT2D eigenvalue weighted by Crippen LogP contribution is 2.38. The third-order valence-corrected chi connectivity index (χ3v) is 4.14. The zero-order valence-corrected chi connectivity index (χ0v) is 17.0. The average molecular weight is 418 g/mol. The summed E-state index contributed by atoms with van der Waals surface area (Å²) in [4.78, 5) is 34.5. The number of nitro groups is 1. The quantitative estimate of drug-likeness (QED) is 0.374.